The normalized spacial score (nSPS) is 31.1. The van der Waals surface area contributed by atoms with Crippen LogP contribution in [0.4, 0.5) is 0 Å². The van der Waals surface area contributed by atoms with Crippen molar-refractivity contribution in [2.24, 2.45) is 22.5 Å². The molecule has 2 rings (SSSR count). The molecule has 6 heteroatoms. The van der Waals surface area contributed by atoms with Crippen molar-refractivity contribution in [1.82, 2.24) is 0 Å². The van der Waals surface area contributed by atoms with Gasteiger partial charge < -0.3 is 22.4 Å². The number of carbonyl (C=O) groups is 2. The maximum absolute atomic E-state index is 11.7. The van der Waals surface area contributed by atoms with E-state index in [1.54, 1.807) is 0 Å². The number of Topliss-reactive ketones (excluding diaryl/α,β-unsaturated/α-hetero) is 1. The minimum Gasteiger partial charge on any atom is -0.502 e. The van der Waals surface area contributed by atoms with Crippen molar-refractivity contribution in [1.29, 1.82) is 0 Å². The van der Waals surface area contributed by atoms with Gasteiger partial charge in [0.1, 0.15) is 5.78 Å². The first-order valence-electron chi connectivity index (χ1n) is 5.71. The second-order valence-corrected chi connectivity index (χ2v) is 5.54. The van der Waals surface area contributed by atoms with Gasteiger partial charge in [-0.1, -0.05) is 13.8 Å². The number of fused-ring (bicyclic) bond motifs is 2. The first-order valence-corrected chi connectivity index (χ1v) is 6.15. The maximum Gasteiger partial charge on any atom is 0.177 e. The Morgan fingerprint density at radius 1 is 1.61 bits per heavy atom. The van der Waals surface area contributed by atoms with E-state index < -0.39 is 5.97 Å². The van der Waals surface area contributed by atoms with Gasteiger partial charge in [-0.05, 0) is 24.2 Å². The summed E-state index contributed by atoms with van der Waals surface area (Å²) in [5.41, 5.74) is 5.76. The Morgan fingerprint density at radius 2 is 2.11 bits per heavy atom. The summed E-state index contributed by atoms with van der Waals surface area (Å²) in [5.74, 6) is 0.478. The standard InChI is InChI=1S/C10H17NO.C2H2ClO2.Pt/c1-9(2)7-3-4-10(9,6-11)8(12)5-7;3-1-2(4)5;/h7H,3-6,11H2,1-2H3;1H,(H,4,5);/q;-1;. The van der Waals surface area contributed by atoms with Crippen LogP contribution in [0.2, 0.25) is 0 Å². The van der Waals surface area contributed by atoms with E-state index in [4.69, 9.17) is 10.8 Å². The molecular formula is C12H19ClNO3Pt-. The van der Waals surface area contributed by atoms with E-state index >= 15 is 0 Å². The fraction of sp³-hybridized carbons (Fsp3) is 0.750. The van der Waals surface area contributed by atoms with Gasteiger partial charge in [-0.3, -0.25) is 9.59 Å². The molecule has 0 aromatic heterocycles. The van der Waals surface area contributed by atoms with Gasteiger partial charge in [0, 0.05) is 39.4 Å². The van der Waals surface area contributed by atoms with E-state index in [2.05, 4.69) is 25.4 Å². The third kappa shape index (κ3) is 2.76. The van der Waals surface area contributed by atoms with Gasteiger partial charge in [0.25, 0.3) is 0 Å². The molecular weight excluding hydrogens is 437 g/mol. The summed E-state index contributed by atoms with van der Waals surface area (Å²) in [7, 11) is 0. The van der Waals surface area contributed by atoms with Gasteiger partial charge in [-0.2, -0.15) is 0 Å². The fourth-order valence-electron chi connectivity index (χ4n) is 3.25. The van der Waals surface area contributed by atoms with Gasteiger partial charge in [0.15, 0.2) is 5.97 Å². The minimum atomic E-state index is -1.10. The van der Waals surface area contributed by atoms with Crippen LogP contribution in [0, 0.1) is 22.6 Å². The SMILES string of the molecule is CC1(C)C2CCC1(CN)C(=O)C2.O=C(O)[CH-]Cl.[Pt]. The number of hydrogen-bond donors (Lipinski definition) is 2. The third-order valence-corrected chi connectivity index (χ3v) is 4.77. The molecule has 0 aromatic rings. The minimum absolute atomic E-state index is 0. The topological polar surface area (TPSA) is 80.4 Å². The number of carboxylic acids is 1. The van der Waals surface area contributed by atoms with E-state index in [1.807, 2.05) is 0 Å². The van der Waals surface area contributed by atoms with E-state index in [-0.39, 0.29) is 31.9 Å². The van der Waals surface area contributed by atoms with Crippen molar-refractivity contribution in [2.45, 2.75) is 33.1 Å². The van der Waals surface area contributed by atoms with Gasteiger partial charge >= 0.3 is 0 Å². The number of nitrogens with two attached hydrogens (primary N) is 1. The van der Waals surface area contributed by atoms with Gasteiger partial charge in [-0.15, -0.1) is 0 Å². The number of halogens is 1. The number of carboxylic acid groups (broad SMARTS) is 1. The van der Waals surface area contributed by atoms with E-state index in [1.165, 1.54) is 6.42 Å². The zero-order valence-corrected chi connectivity index (χ0v) is 13.5. The van der Waals surface area contributed by atoms with Crippen LogP contribution in [-0.4, -0.2) is 23.4 Å². The van der Waals surface area contributed by atoms with Crippen LogP contribution in [0.15, 0.2) is 0 Å². The quantitative estimate of drug-likeness (QED) is 0.622. The third-order valence-electron chi connectivity index (χ3n) is 4.58. The molecule has 2 unspecified atom stereocenters. The molecule has 108 valence electrons. The Labute approximate surface area is 127 Å². The summed E-state index contributed by atoms with van der Waals surface area (Å²) in [6.45, 7) is 4.97. The Morgan fingerprint density at radius 3 is 2.28 bits per heavy atom. The summed E-state index contributed by atoms with van der Waals surface area (Å²) < 4.78 is 0. The van der Waals surface area contributed by atoms with Crippen LogP contribution >= 0.6 is 11.6 Å². The summed E-state index contributed by atoms with van der Waals surface area (Å²) >= 11 is 4.61. The molecule has 3 N–H and O–H groups in total. The van der Waals surface area contributed by atoms with Crippen LogP contribution in [0.25, 0.3) is 0 Å². The monoisotopic (exact) mass is 455 g/mol. The molecule has 18 heavy (non-hydrogen) atoms. The summed E-state index contributed by atoms with van der Waals surface area (Å²) in [6.07, 6.45) is 3.01. The Bertz CT molecular complexity index is 335. The first kappa shape index (κ1) is 17.9. The maximum atomic E-state index is 11.7. The molecule has 2 atom stereocenters. The van der Waals surface area contributed by atoms with E-state index in [9.17, 15) is 9.59 Å². The molecule has 2 bridgehead atoms. The fourth-order valence-corrected chi connectivity index (χ4v) is 3.25. The molecule has 0 spiro atoms. The van der Waals surface area contributed by atoms with Gasteiger partial charge in [0.2, 0.25) is 0 Å². The predicted octanol–water partition coefficient (Wildman–Crippen LogP) is 1.81. The number of rotatable bonds is 2. The van der Waals surface area contributed by atoms with Gasteiger partial charge in [-0.25, -0.2) is 5.88 Å². The average Bonchev–Trinajstić information content (AvgIpc) is 2.63. The van der Waals surface area contributed by atoms with Crippen LogP contribution in [0.5, 0.6) is 0 Å². The molecule has 0 radical (unpaired) electrons. The van der Waals surface area contributed by atoms with E-state index in [0.29, 0.717) is 24.1 Å². The van der Waals surface area contributed by atoms with Crippen molar-refractivity contribution in [3.8, 4) is 0 Å². The molecule has 0 saturated heterocycles. The largest absolute Gasteiger partial charge is 0.502 e. The van der Waals surface area contributed by atoms with Gasteiger partial charge in [0.05, 0.1) is 0 Å². The molecule has 4 nitrogen and oxygen atoms in total. The summed E-state index contributed by atoms with van der Waals surface area (Å²) in [5, 5.41) is 7.53. The summed E-state index contributed by atoms with van der Waals surface area (Å²) in [4.78, 5) is 20.9. The molecule has 2 aliphatic carbocycles. The molecule has 0 aromatic carbocycles. The first-order chi connectivity index (χ1) is 7.81. The van der Waals surface area contributed by atoms with Crippen molar-refractivity contribution >= 4 is 23.4 Å². The summed E-state index contributed by atoms with van der Waals surface area (Å²) in [6, 6.07) is 0. The van der Waals surface area contributed by atoms with Crippen LogP contribution < -0.4 is 5.73 Å². The molecule has 2 saturated carbocycles. The number of carbonyl (C=O) groups excluding carboxylic acids is 1. The second-order valence-electron chi connectivity index (χ2n) is 5.32. The molecule has 0 heterocycles. The number of ketones is 1. The number of hydrogen-bond acceptors (Lipinski definition) is 3. The van der Waals surface area contributed by atoms with E-state index in [0.717, 1.165) is 12.8 Å². The molecule has 0 aliphatic heterocycles. The average molecular weight is 456 g/mol. The Hall–Kier alpha value is -0.0517. The van der Waals surface area contributed by atoms with Crippen LogP contribution in [-0.2, 0) is 30.7 Å². The van der Waals surface area contributed by atoms with Crippen molar-refractivity contribution < 1.29 is 35.8 Å². The van der Waals surface area contributed by atoms with Crippen molar-refractivity contribution in [3.63, 3.8) is 0 Å². The Kier molecular flexibility index (Phi) is 6.38. The van der Waals surface area contributed by atoms with Crippen molar-refractivity contribution in [2.75, 3.05) is 6.54 Å². The van der Waals surface area contributed by atoms with Crippen LogP contribution in [0.1, 0.15) is 33.1 Å². The van der Waals surface area contributed by atoms with Crippen LogP contribution in [0.3, 0.4) is 0 Å². The molecule has 0 amide bonds. The zero-order chi connectivity index (χ0) is 13.3. The molecule has 2 fully saturated rings. The molecule has 2 aliphatic rings. The predicted molar refractivity (Wildman–Crippen MR) is 65.4 cm³/mol. The second kappa shape index (κ2) is 6.40. The zero-order valence-electron chi connectivity index (χ0n) is 10.5. The Balaban J connectivity index is 0.000000421. The number of aliphatic carboxylic acids is 1. The van der Waals surface area contributed by atoms with Crippen molar-refractivity contribution in [3.05, 3.63) is 5.88 Å². The smallest absolute Gasteiger partial charge is 0.177 e.